The van der Waals surface area contributed by atoms with Gasteiger partial charge in [0, 0.05) is 18.2 Å². The SMILES string of the molecule is CCn1ncc([C@@H]2[C@@H]3CCCC=C3[C@@H](C#N)C(=N)C2(C#N)C#N)c1C. The standard InChI is InChI=1S/C19H20N6/c1-3-25-12(2)16(9-24-25)17-14-7-5-4-6-13(14)15(8-20)18(23)19(17,10-21)11-22/h6,9,14-15,17,23H,3-5,7H2,1-2H3/t14-,15-,17+/m1/s1. The summed E-state index contributed by atoms with van der Waals surface area (Å²) in [6.07, 6.45) is 6.44. The number of nitriles is 3. The normalized spacial score (nSPS) is 27.4. The highest BCUT2D eigenvalue weighted by Gasteiger charge is 2.57. The van der Waals surface area contributed by atoms with Gasteiger partial charge in [-0.15, -0.1) is 0 Å². The topological polar surface area (TPSA) is 113 Å². The van der Waals surface area contributed by atoms with Gasteiger partial charge in [0.15, 0.2) is 5.41 Å². The fourth-order valence-electron chi connectivity index (χ4n) is 4.44. The van der Waals surface area contributed by atoms with Crippen molar-refractivity contribution in [2.45, 2.75) is 45.6 Å². The van der Waals surface area contributed by atoms with E-state index in [2.05, 4.69) is 23.3 Å². The number of fused-ring (bicyclic) bond motifs is 1. The third-order valence-corrected chi connectivity index (χ3v) is 5.70. The smallest absolute Gasteiger partial charge is 0.189 e. The minimum absolute atomic E-state index is 0.0694. The lowest BCUT2D eigenvalue weighted by atomic mass is 9.53. The lowest BCUT2D eigenvalue weighted by Gasteiger charge is -2.45. The van der Waals surface area contributed by atoms with Gasteiger partial charge in [0.2, 0.25) is 0 Å². The lowest BCUT2D eigenvalue weighted by Crippen LogP contribution is -2.48. The molecule has 3 rings (SSSR count). The molecule has 1 fully saturated rings. The van der Waals surface area contributed by atoms with Gasteiger partial charge < -0.3 is 5.41 Å². The maximum Gasteiger partial charge on any atom is 0.189 e. The summed E-state index contributed by atoms with van der Waals surface area (Å²) in [5, 5.41) is 42.4. The van der Waals surface area contributed by atoms with Crippen molar-refractivity contribution in [3.8, 4) is 18.2 Å². The molecule has 1 aromatic rings. The van der Waals surface area contributed by atoms with Gasteiger partial charge in [0.1, 0.15) is 5.92 Å². The van der Waals surface area contributed by atoms with Gasteiger partial charge in [-0.2, -0.15) is 20.9 Å². The molecule has 1 heterocycles. The average molecular weight is 332 g/mol. The first-order chi connectivity index (χ1) is 12.1. The molecule has 3 atom stereocenters. The Morgan fingerprint density at radius 2 is 2.08 bits per heavy atom. The molecule has 0 radical (unpaired) electrons. The number of aryl methyl sites for hydroxylation is 1. The zero-order valence-corrected chi connectivity index (χ0v) is 14.5. The molecule has 1 N–H and O–H groups in total. The molecule has 0 aromatic carbocycles. The number of hydrogen-bond donors (Lipinski definition) is 1. The molecule has 6 heteroatoms. The molecular weight excluding hydrogens is 312 g/mol. The molecule has 126 valence electrons. The second-order valence-electron chi connectivity index (χ2n) is 6.73. The fraction of sp³-hybridized carbons (Fsp3) is 0.526. The maximum absolute atomic E-state index is 9.93. The summed E-state index contributed by atoms with van der Waals surface area (Å²) in [7, 11) is 0. The van der Waals surface area contributed by atoms with Crippen LogP contribution in [-0.2, 0) is 6.54 Å². The van der Waals surface area contributed by atoms with Crippen molar-refractivity contribution in [2.75, 3.05) is 0 Å². The molecule has 25 heavy (non-hydrogen) atoms. The number of nitrogens with zero attached hydrogens (tertiary/aromatic N) is 5. The van der Waals surface area contributed by atoms with Crippen molar-refractivity contribution >= 4 is 5.71 Å². The minimum atomic E-state index is -1.62. The summed E-state index contributed by atoms with van der Waals surface area (Å²) >= 11 is 0. The van der Waals surface area contributed by atoms with Crippen LogP contribution >= 0.6 is 0 Å². The van der Waals surface area contributed by atoms with E-state index in [1.165, 1.54) is 0 Å². The van der Waals surface area contributed by atoms with Gasteiger partial charge >= 0.3 is 0 Å². The Hall–Kier alpha value is -2.91. The van der Waals surface area contributed by atoms with E-state index in [1.54, 1.807) is 6.20 Å². The van der Waals surface area contributed by atoms with Crippen LogP contribution in [0.1, 0.15) is 43.4 Å². The second-order valence-corrected chi connectivity index (χ2v) is 6.73. The largest absolute Gasteiger partial charge is 0.305 e. The molecule has 6 nitrogen and oxygen atoms in total. The van der Waals surface area contributed by atoms with Gasteiger partial charge in [-0.1, -0.05) is 6.08 Å². The van der Waals surface area contributed by atoms with Crippen molar-refractivity contribution in [1.29, 1.82) is 21.2 Å². The van der Waals surface area contributed by atoms with E-state index in [0.717, 1.165) is 36.1 Å². The van der Waals surface area contributed by atoms with Gasteiger partial charge in [-0.3, -0.25) is 4.68 Å². The summed E-state index contributed by atoms with van der Waals surface area (Å²) in [4.78, 5) is 0. The first-order valence-corrected chi connectivity index (χ1v) is 8.59. The molecule has 0 spiro atoms. The Morgan fingerprint density at radius 1 is 1.36 bits per heavy atom. The Bertz CT molecular complexity index is 855. The molecule has 2 aliphatic rings. The van der Waals surface area contributed by atoms with E-state index >= 15 is 0 Å². The van der Waals surface area contributed by atoms with E-state index < -0.39 is 17.3 Å². The highest BCUT2D eigenvalue weighted by atomic mass is 15.3. The number of nitrogens with one attached hydrogen (secondary N) is 1. The van der Waals surface area contributed by atoms with E-state index in [0.29, 0.717) is 6.54 Å². The molecule has 0 saturated heterocycles. The van der Waals surface area contributed by atoms with E-state index in [4.69, 9.17) is 5.41 Å². The predicted molar refractivity (Wildman–Crippen MR) is 91.3 cm³/mol. The van der Waals surface area contributed by atoms with Crippen molar-refractivity contribution in [1.82, 2.24) is 9.78 Å². The van der Waals surface area contributed by atoms with Crippen molar-refractivity contribution in [3.63, 3.8) is 0 Å². The maximum atomic E-state index is 9.93. The highest BCUT2D eigenvalue weighted by molar-refractivity contribution is 6.00. The molecule has 2 aliphatic carbocycles. The summed E-state index contributed by atoms with van der Waals surface area (Å²) in [5.74, 6) is -1.30. The number of aromatic nitrogens is 2. The van der Waals surface area contributed by atoms with Gasteiger partial charge in [0.05, 0.1) is 30.1 Å². The predicted octanol–water partition coefficient (Wildman–Crippen LogP) is 3.23. The monoisotopic (exact) mass is 332 g/mol. The Balaban J connectivity index is 2.27. The molecule has 0 amide bonds. The van der Waals surface area contributed by atoms with Crippen LogP contribution in [-0.4, -0.2) is 15.5 Å². The number of allylic oxidation sites excluding steroid dienone is 2. The van der Waals surface area contributed by atoms with Crippen molar-refractivity contribution in [2.24, 2.45) is 17.3 Å². The van der Waals surface area contributed by atoms with Crippen molar-refractivity contribution in [3.05, 3.63) is 29.1 Å². The molecule has 1 aromatic heterocycles. The third-order valence-electron chi connectivity index (χ3n) is 5.70. The van der Waals surface area contributed by atoms with Crippen LogP contribution in [0, 0.1) is 63.6 Å². The Labute approximate surface area is 147 Å². The highest BCUT2D eigenvalue weighted by Crippen LogP contribution is 2.55. The van der Waals surface area contributed by atoms with Gasteiger partial charge in [-0.25, -0.2) is 0 Å². The lowest BCUT2D eigenvalue weighted by molar-refractivity contribution is 0.319. The Kier molecular flexibility index (Phi) is 4.19. The summed E-state index contributed by atoms with van der Waals surface area (Å²) in [5.41, 5.74) is 0.984. The molecule has 1 saturated carbocycles. The van der Waals surface area contributed by atoms with E-state index in [9.17, 15) is 15.8 Å². The quantitative estimate of drug-likeness (QED) is 0.837. The van der Waals surface area contributed by atoms with Gasteiger partial charge in [0.25, 0.3) is 0 Å². The summed E-state index contributed by atoms with van der Waals surface area (Å²) in [6, 6.07) is 6.40. The molecule has 0 bridgehead atoms. The fourth-order valence-corrected chi connectivity index (χ4v) is 4.44. The van der Waals surface area contributed by atoms with Crippen LogP contribution in [0.25, 0.3) is 0 Å². The number of hydrogen-bond acceptors (Lipinski definition) is 5. The van der Waals surface area contributed by atoms with Gasteiger partial charge in [-0.05, 0) is 50.2 Å². The first kappa shape index (κ1) is 16.9. The zero-order chi connectivity index (χ0) is 18.2. The molecule has 0 unspecified atom stereocenters. The summed E-state index contributed by atoms with van der Waals surface area (Å²) < 4.78 is 1.85. The average Bonchev–Trinajstić information content (AvgIpc) is 3.01. The minimum Gasteiger partial charge on any atom is -0.305 e. The Morgan fingerprint density at radius 3 is 2.64 bits per heavy atom. The molecular formula is C19H20N6. The summed E-state index contributed by atoms with van der Waals surface area (Å²) in [6.45, 7) is 4.64. The van der Waals surface area contributed by atoms with Crippen LogP contribution in [0.5, 0.6) is 0 Å². The third kappa shape index (κ3) is 2.20. The zero-order valence-electron chi connectivity index (χ0n) is 14.5. The molecule has 0 aliphatic heterocycles. The van der Waals surface area contributed by atoms with Crippen molar-refractivity contribution < 1.29 is 0 Å². The number of rotatable bonds is 2. The first-order valence-electron chi connectivity index (χ1n) is 8.59. The van der Waals surface area contributed by atoms with E-state index in [1.807, 2.05) is 24.6 Å². The second kappa shape index (κ2) is 6.19. The van der Waals surface area contributed by atoms with Crippen LogP contribution in [0.3, 0.4) is 0 Å². The van der Waals surface area contributed by atoms with Crippen LogP contribution in [0.2, 0.25) is 0 Å². The van der Waals surface area contributed by atoms with Crippen LogP contribution < -0.4 is 0 Å². The van der Waals surface area contributed by atoms with E-state index in [-0.39, 0.29) is 11.6 Å². The van der Waals surface area contributed by atoms with Crippen LogP contribution in [0.4, 0.5) is 0 Å². The van der Waals surface area contributed by atoms with Crippen LogP contribution in [0.15, 0.2) is 17.8 Å².